The standard InChI is InChI=1S/C9H10F3NO4S/c1-18(15,16)17-5-8(14)7-3-2-6(4-13-7)9(10,11)12/h2-4,8,14H,5H2,1H3/t8-/m1/s1. The molecule has 0 spiro atoms. The van der Waals surface area contributed by atoms with Crippen LogP contribution >= 0.6 is 0 Å². The molecule has 1 aromatic heterocycles. The Balaban J connectivity index is 2.74. The lowest BCUT2D eigenvalue weighted by molar-refractivity contribution is -0.137. The smallest absolute Gasteiger partial charge is 0.384 e. The van der Waals surface area contributed by atoms with Crippen molar-refractivity contribution in [1.82, 2.24) is 4.98 Å². The molecule has 0 amide bonds. The van der Waals surface area contributed by atoms with E-state index in [0.29, 0.717) is 6.20 Å². The average molecular weight is 285 g/mol. The SMILES string of the molecule is CS(=O)(=O)OC[C@@H](O)c1ccc(C(F)(F)F)cn1. The normalized spacial score (nSPS) is 14.5. The van der Waals surface area contributed by atoms with Gasteiger partial charge in [0.25, 0.3) is 10.1 Å². The first-order chi connectivity index (χ1) is 8.09. The van der Waals surface area contributed by atoms with Gasteiger partial charge in [-0.2, -0.15) is 21.6 Å². The molecule has 1 heterocycles. The van der Waals surface area contributed by atoms with Gasteiger partial charge in [0.05, 0.1) is 24.1 Å². The maximum atomic E-state index is 12.2. The van der Waals surface area contributed by atoms with Crippen LogP contribution in [0.15, 0.2) is 18.3 Å². The molecule has 0 fully saturated rings. The Morgan fingerprint density at radius 1 is 1.44 bits per heavy atom. The maximum absolute atomic E-state index is 12.2. The van der Waals surface area contributed by atoms with E-state index in [0.717, 1.165) is 18.4 Å². The average Bonchev–Trinajstić information content (AvgIpc) is 2.24. The summed E-state index contributed by atoms with van der Waals surface area (Å²) in [7, 11) is -3.73. The zero-order chi connectivity index (χ0) is 14.0. The van der Waals surface area contributed by atoms with E-state index >= 15 is 0 Å². The highest BCUT2D eigenvalue weighted by Crippen LogP contribution is 2.28. The fraction of sp³-hybridized carbons (Fsp3) is 0.444. The maximum Gasteiger partial charge on any atom is 0.417 e. The molecule has 5 nitrogen and oxygen atoms in total. The quantitative estimate of drug-likeness (QED) is 0.839. The molecule has 1 atom stereocenters. The van der Waals surface area contributed by atoms with Gasteiger partial charge in [0.2, 0.25) is 0 Å². The molecule has 102 valence electrons. The zero-order valence-corrected chi connectivity index (χ0v) is 9.99. The lowest BCUT2D eigenvalue weighted by atomic mass is 10.2. The van der Waals surface area contributed by atoms with Crippen molar-refractivity contribution in [1.29, 1.82) is 0 Å². The second-order valence-corrected chi connectivity index (χ2v) is 5.12. The second-order valence-electron chi connectivity index (χ2n) is 3.47. The van der Waals surface area contributed by atoms with E-state index in [2.05, 4.69) is 9.17 Å². The Morgan fingerprint density at radius 2 is 2.06 bits per heavy atom. The van der Waals surface area contributed by atoms with Gasteiger partial charge in [0.1, 0.15) is 6.10 Å². The molecule has 18 heavy (non-hydrogen) atoms. The summed E-state index contributed by atoms with van der Waals surface area (Å²) in [6.07, 6.45) is -4.58. The largest absolute Gasteiger partial charge is 0.417 e. The third-order valence-corrected chi connectivity index (χ3v) is 2.46. The van der Waals surface area contributed by atoms with Crippen LogP contribution in [-0.2, 0) is 20.5 Å². The molecule has 0 radical (unpaired) electrons. The van der Waals surface area contributed by atoms with E-state index in [1.54, 1.807) is 0 Å². The van der Waals surface area contributed by atoms with Crippen LogP contribution in [-0.4, -0.2) is 31.4 Å². The molecule has 0 aliphatic heterocycles. The van der Waals surface area contributed by atoms with E-state index in [4.69, 9.17) is 0 Å². The molecule has 0 aliphatic carbocycles. The number of pyridine rings is 1. The van der Waals surface area contributed by atoms with Crippen LogP contribution in [0.3, 0.4) is 0 Å². The third kappa shape index (κ3) is 4.59. The van der Waals surface area contributed by atoms with Gasteiger partial charge < -0.3 is 5.11 Å². The fourth-order valence-corrected chi connectivity index (χ4v) is 1.42. The van der Waals surface area contributed by atoms with Crippen molar-refractivity contribution in [2.45, 2.75) is 12.3 Å². The fourth-order valence-electron chi connectivity index (χ4n) is 1.04. The van der Waals surface area contributed by atoms with Crippen molar-refractivity contribution in [2.24, 2.45) is 0 Å². The summed E-state index contributed by atoms with van der Waals surface area (Å²) in [6.45, 7) is -0.600. The monoisotopic (exact) mass is 285 g/mol. The summed E-state index contributed by atoms with van der Waals surface area (Å²) in [5, 5.41) is 9.44. The molecule has 0 saturated heterocycles. The minimum Gasteiger partial charge on any atom is -0.384 e. The molecule has 1 rings (SSSR count). The number of hydrogen-bond acceptors (Lipinski definition) is 5. The number of alkyl halides is 3. The number of aliphatic hydroxyl groups excluding tert-OH is 1. The van der Waals surface area contributed by atoms with Crippen LogP contribution in [0, 0.1) is 0 Å². The number of aliphatic hydroxyl groups is 1. The predicted octanol–water partition coefficient (Wildman–Crippen LogP) is 1.11. The molecule has 0 aliphatic rings. The van der Waals surface area contributed by atoms with Gasteiger partial charge in [-0.3, -0.25) is 9.17 Å². The lowest BCUT2D eigenvalue weighted by Crippen LogP contribution is -2.13. The number of hydrogen-bond donors (Lipinski definition) is 1. The Bertz CT molecular complexity index is 498. The Kier molecular flexibility index (Phi) is 4.30. The highest BCUT2D eigenvalue weighted by atomic mass is 32.2. The molecular formula is C9H10F3NO4S. The van der Waals surface area contributed by atoms with Crippen LogP contribution in [0.25, 0.3) is 0 Å². The molecule has 1 N–H and O–H groups in total. The highest BCUT2D eigenvalue weighted by Gasteiger charge is 2.30. The van der Waals surface area contributed by atoms with E-state index in [1.807, 2.05) is 0 Å². The van der Waals surface area contributed by atoms with Crippen molar-refractivity contribution in [3.63, 3.8) is 0 Å². The van der Waals surface area contributed by atoms with Crippen LogP contribution in [0.2, 0.25) is 0 Å². The molecule has 0 aromatic carbocycles. The molecule has 0 saturated carbocycles. The minimum atomic E-state index is -4.51. The van der Waals surface area contributed by atoms with Gasteiger partial charge in [-0.05, 0) is 12.1 Å². The van der Waals surface area contributed by atoms with Crippen molar-refractivity contribution in [3.8, 4) is 0 Å². The van der Waals surface area contributed by atoms with Gasteiger partial charge in [0, 0.05) is 6.20 Å². The third-order valence-electron chi connectivity index (χ3n) is 1.90. The predicted molar refractivity (Wildman–Crippen MR) is 55.0 cm³/mol. The van der Waals surface area contributed by atoms with Crippen LogP contribution < -0.4 is 0 Å². The molecule has 1 aromatic rings. The minimum absolute atomic E-state index is 0.105. The van der Waals surface area contributed by atoms with Gasteiger partial charge >= 0.3 is 6.18 Å². The molecular weight excluding hydrogens is 275 g/mol. The lowest BCUT2D eigenvalue weighted by Gasteiger charge is -2.11. The van der Waals surface area contributed by atoms with Gasteiger partial charge in [0.15, 0.2) is 0 Å². The number of nitrogens with zero attached hydrogens (tertiary/aromatic N) is 1. The van der Waals surface area contributed by atoms with E-state index in [-0.39, 0.29) is 5.69 Å². The summed E-state index contributed by atoms with van der Waals surface area (Å²) in [5.74, 6) is 0. The first-order valence-corrected chi connectivity index (χ1v) is 6.47. The van der Waals surface area contributed by atoms with Crippen LogP contribution in [0.1, 0.15) is 17.4 Å². The Morgan fingerprint density at radius 3 is 2.44 bits per heavy atom. The first-order valence-electron chi connectivity index (χ1n) is 4.65. The summed E-state index contributed by atoms with van der Waals surface area (Å²) in [4.78, 5) is 3.40. The van der Waals surface area contributed by atoms with E-state index in [1.165, 1.54) is 0 Å². The molecule has 9 heteroatoms. The molecule has 0 bridgehead atoms. The highest BCUT2D eigenvalue weighted by molar-refractivity contribution is 7.85. The summed E-state index contributed by atoms with van der Waals surface area (Å²) in [6, 6.07) is 1.70. The summed E-state index contributed by atoms with van der Waals surface area (Å²) in [5.41, 5.74) is -1.06. The number of aromatic nitrogens is 1. The number of halogens is 3. The van der Waals surface area contributed by atoms with Crippen LogP contribution in [0.4, 0.5) is 13.2 Å². The first kappa shape index (κ1) is 14.9. The van der Waals surface area contributed by atoms with E-state index < -0.39 is 34.6 Å². The van der Waals surface area contributed by atoms with Gasteiger partial charge in [-0.15, -0.1) is 0 Å². The second kappa shape index (κ2) is 5.21. The van der Waals surface area contributed by atoms with Crippen molar-refractivity contribution < 1.29 is 30.9 Å². The van der Waals surface area contributed by atoms with Gasteiger partial charge in [-0.25, -0.2) is 0 Å². The van der Waals surface area contributed by atoms with Crippen molar-refractivity contribution in [2.75, 3.05) is 12.9 Å². The summed E-state index contributed by atoms with van der Waals surface area (Å²) >= 11 is 0. The number of rotatable bonds is 4. The van der Waals surface area contributed by atoms with E-state index in [9.17, 15) is 26.7 Å². The molecule has 0 unspecified atom stereocenters. The van der Waals surface area contributed by atoms with Crippen molar-refractivity contribution >= 4 is 10.1 Å². The zero-order valence-electron chi connectivity index (χ0n) is 9.18. The van der Waals surface area contributed by atoms with Crippen LogP contribution in [0.5, 0.6) is 0 Å². The Hall–Kier alpha value is -1.19. The Labute approximate surface area is 101 Å². The topological polar surface area (TPSA) is 76.5 Å². The van der Waals surface area contributed by atoms with Crippen molar-refractivity contribution in [3.05, 3.63) is 29.6 Å². The van der Waals surface area contributed by atoms with Gasteiger partial charge in [-0.1, -0.05) is 0 Å². The summed E-state index contributed by atoms with van der Waals surface area (Å²) < 4.78 is 62.3.